The smallest absolute Gasteiger partial charge is 0.247 e. The molecule has 2 aromatic heterocycles. The fourth-order valence-corrected chi connectivity index (χ4v) is 3.82. The van der Waals surface area contributed by atoms with Gasteiger partial charge in [-0.2, -0.15) is 4.31 Å². The molecule has 1 N–H and O–H groups in total. The van der Waals surface area contributed by atoms with Crippen molar-refractivity contribution in [3.05, 3.63) is 29.7 Å². The zero-order valence-corrected chi connectivity index (χ0v) is 11.7. The number of sulfonamides is 1. The van der Waals surface area contributed by atoms with Crippen molar-refractivity contribution in [1.29, 1.82) is 0 Å². The molecule has 0 atom stereocenters. The van der Waals surface area contributed by atoms with E-state index in [1.165, 1.54) is 10.4 Å². The molecule has 0 fully saturated rings. The number of aliphatic hydroxyl groups excluding tert-OH is 1. The summed E-state index contributed by atoms with van der Waals surface area (Å²) in [5, 5.41) is 16.7. The van der Waals surface area contributed by atoms with E-state index in [0.717, 1.165) is 0 Å². The molecule has 0 amide bonds. The minimum Gasteiger partial charge on any atom is -0.462 e. The lowest BCUT2D eigenvalue weighted by Gasteiger charge is -2.25. The Morgan fingerprint density at radius 2 is 2.25 bits per heavy atom. The van der Waals surface area contributed by atoms with Crippen LogP contribution in [0.15, 0.2) is 21.7 Å². The summed E-state index contributed by atoms with van der Waals surface area (Å²) in [6.07, 6.45) is 1.59. The maximum atomic E-state index is 12.6. The third kappa shape index (κ3) is 2.03. The van der Waals surface area contributed by atoms with E-state index in [9.17, 15) is 8.42 Å². The minimum atomic E-state index is -3.66. The first kappa shape index (κ1) is 13.3. The van der Waals surface area contributed by atoms with E-state index in [1.807, 2.05) is 4.57 Å². The van der Waals surface area contributed by atoms with E-state index >= 15 is 0 Å². The molecule has 0 unspecified atom stereocenters. The van der Waals surface area contributed by atoms with Gasteiger partial charge in [0.2, 0.25) is 10.0 Å². The number of aliphatic hydroxyl groups is 1. The number of fused-ring (bicyclic) bond motifs is 1. The summed E-state index contributed by atoms with van der Waals surface area (Å²) in [7, 11) is -3.66. The number of rotatable bonds is 3. The van der Waals surface area contributed by atoms with Crippen LogP contribution in [0.2, 0.25) is 0 Å². The van der Waals surface area contributed by atoms with Gasteiger partial charge in [0.15, 0.2) is 0 Å². The van der Waals surface area contributed by atoms with Crippen LogP contribution in [-0.4, -0.2) is 39.1 Å². The molecule has 1 aliphatic heterocycles. The molecule has 0 bridgehead atoms. The molecule has 8 nitrogen and oxygen atoms in total. The normalized spacial score (nSPS) is 16.3. The second kappa shape index (κ2) is 4.69. The fraction of sp³-hybridized carbons (Fsp3) is 0.455. The molecule has 0 radical (unpaired) electrons. The fourth-order valence-electron chi connectivity index (χ4n) is 2.25. The Labute approximate surface area is 115 Å². The number of furan rings is 1. The quantitative estimate of drug-likeness (QED) is 0.847. The third-order valence-electron chi connectivity index (χ3n) is 3.30. The predicted octanol–water partition coefficient (Wildman–Crippen LogP) is -0.124. The lowest BCUT2D eigenvalue weighted by Crippen LogP contribution is -2.38. The van der Waals surface area contributed by atoms with Crippen molar-refractivity contribution in [2.45, 2.75) is 31.5 Å². The summed E-state index contributed by atoms with van der Waals surface area (Å²) < 4.78 is 33.6. The Balaban J connectivity index is 1.95. The zero-order valence-electron chi connectivity index (χ0n) is 10.9. The summed E-state index contributed by atoms with van der Waals surface area (Å²) in [4.78, 5) is 0.0921. The van der Waals surface area contributed by atoms with Gasteiger partial charge in [-0.25, -0.2) is 8.42 Å². The van der Waals surface area contributed by atoms with Crippen LogP contribution in [0, 0.1) is 6.92 Å². The van der Waals surface area contributed by atoms with Crippen LogP contribution in [0.1, 0.15) is 17.3 Å². The van der Waals surface area contributed by atoms with Crippen LogP contribution in [0.4, 0.5) is 0 Å². The summed E-state index contributed by atoms with van der Waals surface area (Å²) in [5.74, 6) is 1.13. The van der Waals surface area contributed by atoms with Crippen LogP contribution in [0.5, 0.6) is 0 Å². The van der Waals surface area contributed by atoms with Gasteiger partial charge >= 0.3 is 0 Å². The Kier molecular flexibility index (Phi) is 3.11. The monoisotopic (exact) mass is 298 g/mol. The summed E-state index contributed by atoms with van der Waals surface area (Å²) in [5.41, 5.74) is 0. The van der Waals surface area contributed by atoms with E-state index in [4.69, 9.17) is 9.52 Å². The third-order valence-corrected chi connectivity index (χ3v) is 5.25. The maximum Gasteiger partial charge on any atom is 0.247 e. The van der Waals surface area contributed by atoms with Crippen molar-refractivity contribution in [2.75, 3.05) is 6.54 Å². The molecule has 0 aliphatic carbocycles. The first-order chi connectivity index (χ1) is 9.52. The second-order valence-corrected chi connectivity index (χ2v) is 6.48. The highest BCUT2D eigenvalue weighted by atomic mass is 32.2. The van der Waals surface area contributed by atoms with Crippen LogP contribution in [0.3, 0.4) is 0 Å². The highest BCUT2D eigenvalue weighted by Gasteiger charge is 2.32. The molecule has 0 spiro atoms. The number of aromatic nitrogens is 3. The highest BCUT2D eigenvalue weighted by Crippen LogP contribution is 2.26. The number of aryl methyl sites for hydroxylation is 1. The van der Waals surface area contributed by atoms with Crippen LogP contribution in [0.25, 0.3) is 0 Å². The Hall–Kier alpha value is -1.71. The predicted molar refractivity (Wildman–Crippen MR) is 67.0 cm³/mol. The van der Waals surface area contributed by atoms with Gasteiger partial charge in [-0.15, -0.1) is 10.2 Å². The van der Waals surface area contributed by atoms with Crippen molar-refractivity contribution >= 4 is 10.0 Å². The lowest BCUT2D eigenvalue weighted by molar-refractivity contribution is 0.244. The summed E-state index contributed by atoms with van der Waals surface area (Å²) >= 11 is 0. The molecule has 3 rings (SSSR count). The average molecular weight is 298 g/mol. The number of hydrogen-bond acceptors (Lipinski definition) is 6. The molecule has 9 heteroatoms. The summed E-state index contributed by atoms with van der Waals surface area (Å²) in [6, 6.07) is 1.37. The first-order valence-corrected chi connectivity index (χ1v) is 7.53. The van der Waals surface area contributed by atoms with Gasteiger partial charge in [-0.1, -0.05) is 0 Å². The molecule has 0 saturated heterocycles. The van der Waals surface area contributed by atoms with E-state index in [-0.39, 0.29) is 29.6 Å². The molecule has 108 valence electrons. The van der Waals surface area contributed by atoms with Crippen LogP contribution in [-0.2, 0) is 29.7 Å². The molecular formula is C11H14N4O4S. The van der Waals surface area contributed by atoms with E-state index < -0.39 is 10.0 Å². The summed E-state index contributed by atoms with van der Waals surface area (Å²) in [6.45, 7) is 2.29. The topological polar surface area (TPSA) is 101 Å². The number of hydrogen-bond donors (Lipinski definition) is 1. The SMILES string of the molecule is Cc1oc(CO)cc1S(=O)(=O)N1CCn2cnnc2C1. The highest BCUT2D eigenvalue weighted by molar-refractivity contribution is 7.89. The van der Waals surface area contributed by atoms with E-state index in [2.05, 4.69) is 10.2 Å². The lowest BCUT2D eigenvalue weighted by atomic mass is 10.4. The molecule has 20 heavy (non-hydrogen) atoms. The van der Waals surface area contributed by atoms with Gasteiger partial charge in [0.05, 0.1) is 6.54 Å². The molecule has 0 aromatic carbocycles. The second-order valence-electron chi connectivity index (χ2n) is 4.57. The van der Waals surface area contributed by atoms with Gasteiger partial charge in [0.25, 0.3) is 0 Å². The van der Waals surface area contributed by atoms with Crippen molar-refractivity contribution in [3.8, 4) is 0 Å². The number of nitrogens with zero attached hydrogens (tertiary/aromatic N) is 4. The van der Waals surface area contributed by atoms with Gasteiger partial charge in [0.1, 0.15) is 35.2 Å². The molecule has 0 saturated carbocycles. The minimum absolute atomic E-state index is 0.0921. The van der Waals surface area contributed by atoms with Crippen LogP contribution < -0.4 is 0 Å². The molecule has 2 aromatic rings. The average Bonchev–Trinajstić information content (AvgIpc) is 3.03. The van der Waals surface area contributed by atoms with Gasteiger partial charge in [-0.3, -0.25) is 0 Å². The first-order valence-electron chi connectivity index (χ1n) is 6.09. The van der Waals surface area contributed by atoms with Crippen molar-refractivity contribution in [2.24, 2.45) is 0 Å². The Bertz CT molecular complexity index is 733. The van der Waals surface area contributed by atoms with Gasteiger partial charge in [0, 0.05) is 19.2 Å². The largest absolute Gasteiger partial charge is 0.462 e. The molecule has 3 heterocycles. The van der Waals surface area contributed by atoms with Gasteiger partial charge < -0.3 is 14.1 Å². The Morgan fingerprint density at radius 3 is 2.95 bits per heavy atom. The zero-order chi connectivity index (χ0) is 14.3. The standard InChI is InChI=1S/C11H14N4O4S/c1-8-10(4-9(6-16)19-8)20(17,18)15-3-2-14-7-12-13-11(14)5-15/h4,7,16H,2-3,5-6H2,1H3. The van der Waals surface area contributed by atoms with Crippen molar-refractivity contribution < 1.29 is 17.9 Å². The molecule has 1 aliphatic rings. The van der Waals surface area contributed by atoms with E-state index in [1.54, 1.807) is 13.3 Å². The van der Waals surface area contributed by atoms with E-state index in [0.29, 0.717) is 18.9 Å². The maximum absolute atomic E-state index is 12.6. The Morgan fingerprint density at radius 1 is 1.45 bits per heavy atom. The van der Waals surface area contributed by atoms with Crippen LogP contribution >= 0.6 is 0 Å². The van der Waals surface area contributed by atoms with Crippen molar-refractivity contribution in [3.63, 3.8) is 0 Å². The van der Waals surface area contributed by atoms with Gasteiger partial charge in [-0.05, 0) is 6.92 Å². The molecular weight excluding hydrogens is 284 g/mol. The van der Waals surface area contributed by atoms with Crippen molar-refractivity contribution in [1.82, 2.24) is 19.1 Å².